The van der Waals surface area contributed by atoms with E-state index in [9.17, 15) is 22.8 Å². The van der Waals surface area contributed by atoms with E-state index in [4.69, 9.17) is 0 Å². The van der Waals surface area contributed by atoms with E-state index in [1.54, 1.807) is 5.32 Å². The number of anilines is 1. The smallest absolute Gasteiger partial charge is 0.353 e. The summed E-state index contributed by atoms with van der Waals surface area (Å²) in [6, 6.07) is 1.47. The summed E-state index contributed by atoms with van der Waals surface area (Å²) in [4.78, 5) is 22.2. The van der Waals surface area contributed by atoms with Crippen LogP contribution in [0.3, 0.4) is 0 Å². The molecule has 2 rings (SSSR count). The molecule has 1 aromatic heterocycles. The number of amides is 2. The van der Waals surface area contributed by atoms with Gasteiger partial charge in [0.05, 0.1) is 0 Å². The second-order valence-corrected chi connectivity index (χ2v) is 5.34. The maximum atomic E-state index is 12.1. The van der Waals surface area contributed by atoms with E-state index in [2.05, 4.69) is 15.5 Å². The highest BCUT2D eigenvalue weighted by molar-refractivity contribution is 5.94. The molecular formula is C13H17F3N4O2. The Kier molecular flexibility index (Phi) is 4.72. The van der Waals surface area contributed by atoms with Crippen LogP contribution in [0.4, 0.5) is 19.0 Å². The summed E-state index contributed by atoms with van der Waals surface area (Å²) in [6.45, 7) is 1.92. The van der Waals surface area contributed by atoms with E-state index in [1.807, 2.05) is 6.92 Å². The zero-order chi connectivity index (χ0) is 16.3. The highest BCUT2D eigenvalue weighted by Crippen LogP contribution is 2.36. The number of carbonyl (C=O) groups is 2. The summed E-state index contributed by atoms with van der Waals surface area (Å²) in [5.41, 5.74) is 0.651. The number of hydrogen-bond donors (Lipinski definition) is 3. The second-order valence-electron chi connectivity index (χ2n) is 5.34. The number of nitrogens with one attached hydrogen (secondary N) is 3. The quantitative estimate of drug-likeness (QED) is 0.777. The minimum Gasteiger partial charge on any atom is -0.353 e. The van der Waals surface area contributed by atoms with Gasteiger partial charge in [-0.3, -0.25) is 14.7 Å². The summed E-state index contributed by atoms with van der Waals surface area (Å²) in [6.07, 6.45) is -2.28. The molecule has 1 aromatic rings. The van der Waals surface area contributed by atoms with Gasteiger partial charge in [0.2, 0.25) is 5.91 Å². The SMILES string of the molecule is CCCC(=O)NC1CC(c2cc(NC(=O)C(F)(F)F)n[nH]2)C1. The van der Waals surface area contributed by atoms with Crippen molar-refractivity contribution in [2.75, 3.05) is 5.32 Å². The van der Waals surface area contributed by atoms with Crippen LogP contribution in [0.1, 0.15) is 44.2 Å². The Labute approximate surface area is 124 Å². The van der Waals surface area contributed by atoms with E-state index < -0.39 is 12.1 Å². The van der Waals surface area contributed by atoms with Crippen LogP contribution in [-0.4, -0.2) is 34.2 Å². The third-order valence-electron chi connectivity index (χ3n) is 3.52. The number of alkyl halides is 3. The molecule has 122 valence electrons. The predicted molar refractivity (Wildman–Crippen MR) is 72.1 cm³/mol. The number of aromatic amines is 1. The maximum Gasteiger partial charge on any atom is 0.471 e. The van der Waals surface area contributed by atoms with E-state index >= 15 is 0 Å². The third kappa shape index (κ3) is 3.99. The molecule has 0 unspecified atom stereocenters. The minimum atomic E-state index is -4.94. The summed E-state index contributed by atoms with van der Waals surface area (Å²) in [7, 11) is 0. The third-order valence-corrected chi connectivity index (χ3v) is 3.52. The molecule has 3 N–H and O–H groups in total. The fourth-order valence-corrected chi connectivity index (χ4v) is 2.31. The van der Waals surface area contributed by atoms with Crippen molar-refractivity contribution in [2.24, 2.45) is 0 Å². The standard InChI is InChI=1S/C13H17F3N4O2/c1-2-3-11(21)17-8-4-7(5-8)9-6-10(20-19-9)18-12(22)13(14,15)16/h6-8H,2-5H2,1H3,(H,17,21)(H2,18,19,20,22). The van der Waals surface area contributed by atoms with Crippen molar-refractivity contribution in [3.8, 4) is 0 Å². The van der Waals surface area contributed by atoms with Crippen LogP contribution in [0, 0.1) is 0 Å². The fraction of sp³-hybridized carbons (Fsp3) is 0.615. The molecule has 0 radical (unpaired) electrons. The summed E-state index contributed by atoms with van der Waals surface area (Å²) < 4.78 is 36.4. The van der Waals surface area contributed by atoms with Gasteiger partial charge in [-0.05, 0) is 19.3 Å². The molecule has 1 heterocycles. The normalized spacial score (nSPS) is 21.1. The molecule has 22 heavy (non-hydrogen) atoms. The van der Waals surface area contributed by atoms with Gasteiger partial charge in [-0.2, -0.15) is 18.3 Å². The van der Waals surface area contributed by atoms with Crippen molar-refractivity contribution in [1.29, 1.82) is 0 Å². The molecule has 0 bridgehead atoms. The predicted octanol–water partition coefficient (Wildman–Crippen LogP) is 2.07. The Morgan fingerprint density at radius 1 is 1.41 bits per heavy atom. The highest BCUT2D eigenvalue weighted by atomic mass is 19.4. The van der Waals surface area contributed by atoms with Gasteiger partial charge in [0.15, 0.2) is 5.82 Å². The van der Waals surface area contributed by atoms with Gasteiger partial charge >= 0.3 is 12.1 Å². The van der Waals surface area contributed by atoms with E-state index in [1.165, 1.54) is 6.07 Å². The zero-order valence-corrected chi connectivity index (χ0v) is 12.0. The molecule has 0 spiro atoms. The van der Waals surface area contributed by atoms with Gasteiger partial charge in [-0.25, -0.2) is 0 Å². The molecule has 0 atom stereocenters. The number of hydrogen-bond acceptors (Lipinski definition) is 3. The molecule has 6 nitrogen and oxygen atoms in total. The first-order chi connectivity index (χ1) is 10.3. The number of halogens is 3. The first-order valence-corrected chi connectivity index (χ1v) is 7.02. The molecule has 9 heteroatoms. The molecular weight excluding hydrogens is 301 g/mol. The molecule has 0 aliphatic heterocycles. The van der Waals surface area contributed by atoms with Crippen LogP contribution in [0.15, 0.2) is 6.07 Å². The first kappa shape index (κ1) is 16.3. The van der Waals surface area contributed by atoms with Crippen LogP contribution in [0.2, 0.25) is 0 Å². The average molecular weight is 318 g/mol. The molecule has 1 aliphatic carbocycles. The fourth-order valence-electron chi connectivity index (χ4n) is 2.31. The van der Waals surface area contributed by atoms with E-state index in [0.717, 1.165) is 6.42 Å². The molecule has 2 amide bonds. The van der Waals surface area contributed by atoms with Crippen molar-refractivity contribution >= 4 is 17.6 Å². The summed E-state index contributed by atoms with van der Waals surface area (Å²) >= 11 is 0. The Bertz CT molecular complexity index is 550. The lowest BCUT2D eigenvalue weighted by atomic mass is 9.78. The molecule has 0 aromatic carbocycles. The van der Waals surface area contributed by atoms with Crippen molar-refractivity contribution in [1.82, 2.24) is 15.5 Å². The maximum absolute atomic E-state index is 12.1. The number of nitrogens with zero attached hydrogens (tertiary/aromatic N) is 1. The van der Waals surface area contributed by atoms with Crippen LogP contribution in [0.5, 0.6) is 0 Å². The summed E-state index contributed by atoms with van der Waals surface area (Å²) in [5, 5.41) is 10.8. The monoisotopic (exact) mass is 318 g/mol. The van der Waals surface area contributed by atoms with E-state index in [-0.39, 0.29) is 23.7 Å². The van der Waals surface area contributed by atoms with Gasteiger partial charge in [0.1, 0.15) is 0 Å². The molecule has 1 saturated carbocycles. The lowest BCUT2D eigenvalue weighted by molar-refractivity contribution is -0.167. The second kappa shape index (κ2) is 6.37. The van der Waals surface area contributed by atoms with Gasteiger partial charge in [0.25, 0.3) is 0 Å². The lowest BCUT2D eigenvalue weighted by Gasteiger charge is -2.35. The van der Waals surface area contributed by atoms with Crippen LogP contribution >= 0.6 is 0 Å². The molecule has 1 aliphatic rings. The minimum absolute atomic E-state index is 0.00805. The Morgan fingerprint density at radius 3 is 2.68 bits per heavy atom. The summed E-state index contributed by atoms with van der Waals surface area (Å²) in [5.74, 6) is -2.11. The Balaban J connectivity index is 1.82. The molecule has 0 saturated heterocycles. The topological polar surface area (TPSA) is 86.9 Å². The average Bonchev–Trinajstić information content (AvgIpc) is 2.80. The number of aromatic nitrogens is 2. The van der Waals surface area contributed by atoms with Crippen LogP contribution in [0.25, 0.3) is 0 Å². The van der Waals surface area contributed by atoms with Crippen molar-refractivity contribution in [2.45, 2.75) is 50.7 Å². The Hall–Kier alpha value is -2.06. The van der Waals surface area contributed by atoms with Gasteiger partial charge in [-0.1, -0.05) is 6.92 Å². The lowest BCUT2D eigenvalue weighted by Crippen LogP contribution is -2.43. The number of H-pyrrole nitrogens is 1. The highest BCUT2D eigenvalue weighted by Gasteiger charge is 2.39. The van der Waals surface area contributed by atoms with Gasteiger partial charge < -0.3 is 10.6 Å². The van der Waals surface area contributed by atoms with Gasteiger partial charge in [0, 0.05) is 30.1 Å². The number of rotatable bonds is 5. The van der Waals surface area contributed by atoms with Crippen molar-refractivity contribution in [3.05, 3.63) is 11.8 Å². The zero-order valence-electron chi connectivity index (χ0n) is 12.0. The van der Waals surface area contributed by atoms with Gasteiger partial charge in [-0.15, -0.1) is 0 Å². The van der Waals surface area contributed by atoms with Crippen molar-refractivity contribution < 1.29 is 22.8 Å². The van der Waals surface area contributed by atoms with Crippen LogP contribution in [-0.2, 0) is 9.59 Å². The molecule has 1 fully saturated rings. The Morgan fingerprint density at radius 2 is 2.09 bits per heavy atom. The number of carbonyl (C=O) groups excluding carboxylic acids is 2. The van der Waals surface area contributed by atoms with Crippen molar-refractivity contribution in [3.63, 3.8) is 0 Å². The van der Waals surface area contributed by atoms with Crippen LogP contribution < -0.4 is 10.6 Å². The largest absolute Gasteiger partial charge is 0.471 e. The van der Waals surface area contributed by atoms with E-state index in [0.29, 0.717) is 25.0 Å². The first-order valence-electron chi connectivity index (χ1n) is 7.02.